The van der Waals surface area contributed by atoms with Gasteiger partial charge in [0, 0.05) is 0 Å². The molecule has 34 heavy (non-hydrogen) atoms. The molecule has 9 atom stereocenters. The highest BCUT2D eigenvalue weighted by atomic mass is 16.3. The van der Waals surface area contributed by atoms with Gasteiger partial charge in [0.15, 0.2) is 0 Å². The lowest BCUT2D eigenvalue weighted by atomic mass is 9.47. The summed E-state index contributed by atoms with van der Waals surface area (Å²) >= 11 is 0. The highest BCUT2D eigenvalue weighted by Crippen LogP contribution is 2.67. The summed E-state index contributed by atoms with van der Waals surface area (Å²) in [5, 5.41) is 10.2. The Hall–Kier alpha value is -1.36. The van der Waals surface area contributed by atoms with Crippen molar-refractivity contribution < 1.29 is 14.7 Å². The maximum atomic E-state index is 11.6. The zero-order chi connectivity index (χ0) is 24.8. The van der Waals surface area contributed by atoms with Gasteiger partial charge in [0.05, 0.1) is 6.10 Å². The first kappa shape index (κ1) is 25.7. The second kappa shape index (κ2) is 9.59. The molecule has 3 fully saturated rings. The number of hydrogen-bond acceptors (Lipinski definition) is 3. The first-order chi connectivity index (χ1) is 16.0. The van der Waals surface area contributed by atoms with Crippen LogP contribution in [0.5, 0.6) is 0 Å². The predicted molar refractivity (Wildman–Crippen MR) is 135 cm³/mol. The van der Waals surface area contributed by atoms with Gasteiger partial charge in [-0.1, -0.05) is 52.2 Å². The minimum atomic E-state index is -0.856. The van der Waals surface area contributed by atoms with Crippen LogP contribution in [0.4, 0.5) is 0 Å². The number of primary amides is 2. The molecule has 4 rings (SSSR count). The lowest BCUT2D eigenvalue weighted by Crippen LogP contribution is -2.50. The van der Waals surface area contributed by atoms with Crippen molar-refractivity contribution in [2.24, 2.45) is 63.7 Å². The average molecular weight is 473 g/mol. The number of carbonyl (C=O) groups excluding carboxylic acids is 2. The molecule has 0 aliphatic heterocycles. The van der Waals surface area contributed by atoms with Gasteiger partial charge in [-0.25, -0.2) is 0 Å². The molecule has 0 radical (unpaired) electrons. The SMILES string of the molecule is CC(CCC[C@@H](C)[C@H]1CC[C@H]2[C@@H]3CC=C4C[C@@H](O)CC[C@]4(C)[C@H]3CC[C@]12C)C(C(N)=O)C(N)=O. The smallest absolute Gasteiger partial charge is 0.230 e. The molecular weight excluding hydrogens is 424 g/mol. The summed E-state index contributed by atoms with van der Waals surface area (Å²) < 4.78 is 0. The molecule has 0 saturated heterocycles. The minimum Gasteiger partial charge on any atom is -0.393 e. The van der Waals surface area contributed by atoms with Gasteiger partial charge < -0.3 is 16.6 Å². The largest absolute Gasteiger partial charge is 0.393 e. The third-order valence-electron chi connectivity index (χ3n) is 11.3. The van der Waals surface area contributed by atoms with Gasteiger partial charge in [0.2, 0.25) is 11.8 Å². The lowest BCUT2D eigenvalue weighted by molar-refractivity contribution is -0.133. The summed E-state index contributed by atoms with van der Waals surface area (Å²) in [6, 6.07) is 0. The van der Waals surface area contributed by atoms with Crippen molar-refractivity contribution in [2.75, 3.05) is 0 Å². The number of fused-ring (bicyclic) bond motifs is 5. The van der Waals surface area contributed by atoms with Crippen molar-refractivity contribution in [1.29, 1.82) is 0 Å². The summed E-state index contributed by atoms with van der Waals surface area (Å²) in [5.41, 5.74) is 13.1. The third-order valence-corrected chi connectivity index (χ3v) is 11.3. The monoisotopic (exact) mass is 472 g/mol. The fourth-order valence-corrected chi connectivity index (χ4v) is 9.45. The second-order valence-corrected chi connectivity index (χ2v) is 13.1. The molecule has 0 spiro atoms. The normalized spacial score (nSPS) is 41.1. The van der Waals surface area contributed by atoms with Crippen LogP contribution in [-0.2, 0) is 9.59 Å². The maximum Gasteiger partial charge on any atom is 0.230 e. The molecule has 0 aromatic rings. The Kier molecular flexibility index (Phi) is 7.26. The van der Waals surface area contributed by atoms with Gasteiger partial charge in [-0.2, -0.15) is 0 Å². The fraction of sp³-hybridized carbons (Fsp3) is 0.862. The zero-order valence-electron chi connectivity index (χ0n) is 21.9. The third kappa shape index (κ3) is 4.35. The predicted octanol–water partition coefficient (Wildman–Crippen LogP) is 4.96. The Morgan fingerprint density at radius 2 is 1.74 bits per heavy atom. The fourth-order valence-electron chi connectivity index (χ4n) is 9.45. The molecule has 0 aromatic heterocycles. The van der Waals surface area contributed by atoms with Crippen molar-refractivity contribution in [3.05, 3.63) is 11.6 Å². The first-order valence-electron chi connectivity index (χ1n) is 13.9. The molecule has 5 nitrogen and oxygen atoms in total. The molecule has 4 aliphatic carbocycles. The maximum absolute atomic E-state index is 11.6. The summed E-state index contributed by atoms with van der Waals surface area (Å²) in [5.74, 6) is 1.65. The van der Waals surface area contributed by atoms with E-state index in [0.717, 1.165) is 62.2 Å². The van der Waals surface area contributed by atoms with Crippen LogP contribution in [0.25, 0.3) is 0 Å². The van der Waals surface area contributed by atoms with Crippen LogP contribution in [-0.4, -0.2) is 23.0 Å². The zero-order valence-corrected chi connectivity index (χ0v) is 21.9. The molecule has 3 saturated carbocycles. The van der Waals surface area contributed by atoms with E-state index in [1.54, 1.807) is 5.57 Å². The number of carbonyl (C=O) groups is 2. The van der Waals surface area contributed by atoms with Crippen molar-refractivity contribution in [2.45, 2.75) is 104 Å². The molecule has 0 heterocycles. The Morgan fingerprint density at radius 3 is 2.41 bits per heavy atom. The Balaban J connectivity index is 1.39. The van der Waals surface area contributed by atoms with Gasteiger partial charge >= 0.3 is 0 Å². The molecule has 192 valence electrons. The van der Waals surface area contributed by atoms with E-state index in [1.807, 2.05) is 6.92 Å². The summed E-state index contributed by atoms with van der Waals surface area (Å²) in [6.45, 7) is 9.45. The number of rotatable bonds is 8. The number of aliphatic hydroxyl groups excluding tert-OH is 1. The van der Waals surface area contributed by atoms with Gasteiger partial charge in [-0.05, 0) is 104 Å². The highest BCUT2D eigenvalue weighted by molar-refractivity contribution is 5.99. The number of allylic oxidation sites excluding steroid dienone is 1. The van der Waals surface area contributed by atoms with Crippen molar-refractivity contribution in [3.8, 4) is 0 Å². The van der Waals surface area contributed by atoms with Crippen molar-refractivity contribution in [3.63, 3.8) is 0 Å². The first-order valence-corrected chi connectivity index (χ1v) is 13.9. The number of amides is 2. The van der Waals surface area contributed by atoms with Gasteiger partial charge in [0.25, 0.3) is 0 Å². The van der Waals surface area contributed by atoms with Gasteiger partial charge in [-0.3, -0.25) is 9.59 Å². The van der Waals surface area contributed by atoms with E-state index in [1.165, 1.54) is 32.1 Å². The summed E-state index contributed by atoms with van der Waals surface area (Å²) in [6.07, 6.45) is 14.9. The molecular formula is C29H48N2O3. The van der Waals surface area contributed by atoms with Crippen LogP contribution in [0, 0.1) is 52.3 Å². The second-order valence-electron chi connectivity index (χ2n) is 13.1. The minimum absolute atomic E-state index is 0.0949. The summed E-state index contributed by atoms with van der Waals surface area (Å²) in [4.78, 5) is 23.3. The van der Waals surface area contributed by atoms with E-state index in [2.05, 4.69) is 26.8 Å². The van der Waals surface area contributed by atoms with Crippen molar-refractivity contribution >= 4 is 11.8 Å². The van der Waals surface area contributed by atoms with Crippen LogP contribution in [0.15, 0.2) is 11.6 Å². The van der Waals surface area contributed by atoms with E-state index in [4.69, 9.17) is 11.5 Å². The number of nitrogens with two attached hydrogens (primary N) is 2. The molecule has 0 aromatic carbocycles. The van der Waals surface area contributed by atoms with Crippen LogP contribution < -0.4 is 11.5 Å². The van der Waals surface area contributed by atoms with Crippen LogP contribution in [0.1, 0.15) is 98.3 Å². The molecule has 0 bridgehead atoms. The topological polar surface area (TPSA) is 106 Å². The quantitative estimate of drug-likeness (QED) is 0.343. The van der Waals surface area contributed by atoms with E-state index in [0.29, 0.717) is 16.7 Å². The number of aliphatic hydroxyl groups is 1. The molecule has 5 heteroatoms. The lowest BCUT2D eigenvalue weighted by Gasteiger charge is -2.58. The van der Waals surface area contributed by atoms with Crippen LogP contribution in [0.3, 0.4) is 0 Å². The van der Waals surface area contributed by atoms with Crippen LogP contribution in [0.2, 0.25) is 0 Å². The van der Waals surface area contributed by atoms with E-state index in [-0.39, 0.29) is 12.0 Å². The van der Waals surface area contributed by atoms with Gasteiger partial charge in [0.1, 0.15) is 5.92 Å². The number of hydrogen-bond donors (Lipinski definition) is 3. The van der Waals surface area contributed by atoms with Gasteiger partial charge in [-0.15, -0.1) is 0 Å². The Bertz CT molecular complexity index is 810. The Morgan fingerprint density at radius 1 is 1.03 bits per heavy atom. The molecule has 2 amide bonds. The summed E-state index contributed by atoms with van der Waals surface area (Å²) in [7, 11) is 0. The average Bonchev–Trinajstić information content (AvgIpc) is 3.11. The highest BCUT2D eigenvalue weighted by Gasteiger charge is 2.59. The molecule has 1 unspecified atom stereocenters. The molecule has 4 aliphatic rings. The van der Waals surface area contributed by atoms with E-state index >= 15 is 0 Å². The van der Waals surface area contributed by atoms with E-state index < -0.39 is 17.7 Å². The molecule has 5 N–H and O–H groups in total. The van der Waals surface area contributed by atoms with E-state index in [9.17, 15) is 14.7 Å². The Labute approximate surface area is 206 Å². The standard InChI is InChI=1S/C29H48N2O3/c1-17(6-5-7-18(2)25(26(30)33)27(31)34)22-10-11-23-21-9-8-19-16-20(32)12-14-28(19,3)24(21)13-15-29(22,23)4/h8,17-18,20-25,32H,5-7,9-16H2,1-4H3,(H2,30,33)(H2,31,34)/t17-,18?,20+,21+,22-,23+,24+,28+,29-/m1/s1. The van der Waals surface area contributed by atoms with Crippen molar-refractivity contribution in [1.82, 2.24) is 0 Å². The van der Waals surface area contributed by atoms with Crippen LogP contribution >= 0.6 is 0 Å².